The number of hydrogen-bond acceptors (Lipinski definition) is 1. The molecular weight excluding hydrogens is 349 g/mol. The fourth-order valence-electron chi connectivity index (χ4n) is 3.63. The number of hydrogen-bond donors (Lipinski definition) is 2. The van der Waals surface area contributed by atoms with Crippen molar-refractivity contribution in [2.24, 2.45) is 4.99 Å². The van der Waals surface area contributed by atoms with Gasteiger partial charge in [-0.05, 0) is 42.7 Å². The van der Waals surface area contributed by atoms with Crippen LogP contribution < -0.4 is 10.6 Å². The molecule has 2 unspecified atom stereocenters. The van der Waals surface area contributed by atoms with Gasteiger partial charge in [-0.3, -0.25) is 0 Å². The van der Waals surface area contributed by atoms with E-state index in [0.717, 1.165) is 11.5 Å². The van der Waals surface area contributed by atoms with Crippen LogP contribution in [0.2, 0.25) is 0 Å². The Morgan fingerprint density at radius 1 is 0.786 bits per heavy atom. The Hall–Kier alpha value is -3.14. The van der Waals surface area contributed by atoms with Crippen molar-refractivity contribution >= 4 is 5.96 Å². The van der Waals surface area contributed by atoms with Crippen LogP contribution in [-0.2, 0) is 6.54 Å². The number of aliphatic imine (C=N–C) groups is 1. The van der Waals surface area contributed by atoms with Crippen molar-refractivity contribution in [3.63, 3.8) is 0 Å². The highest BCUT2D eigenvalue weighted by molar-refractivity contribution is 5.83. The maximum absolute atomic E-state index is 13.1. The average molecular weight is 373 g/mol. The monoisotopic (exact) mass is 373 g/mol. The lowest BCUT2D eigenvalue weighted by Crippen LogP contribution is -2.25. The predicted octanol–water partition coefficient (Wildman–Crippen LogP) is 4.97. The number of aryl methyl sites for hydroxylation is 2. The van der Waals surface area contributed by atoms with Crippen molar-refractivity contribution in [3.8, 4) is 0 Å². The second kappa shape index (κ2) is 7.85. The molecule has 28 heavy (non-hydrogen) atoms. The zero-order valence-electron chi connectivity index (χ0n) is 16.1. The summed E-state index contributed by atoms with van der Waals surface area (Å²) < 4.78 is 13.1. The van der Waals surface area contributed by atoms with Gasteiger partial charge in [-0.1, -0.05) is 71.8 Å². The van der Waals surface area contributed by atoms with Gasteiger partial charge in [-0.25, -0.2) is 9.38 Å². The first-order chi connectivity index (χ1) is 13.6. The molecule has 4 heteroatoms. The van der Waals surface area contributed by atoms with Crippen molar-refractivity contribution < 1.29 is 4.39 Å². The summed E-state index contributed by atoms with van der Waals surface area (Å²) in [7, 11) is 0. The van der Waals surface area contributed by atoms with Gasteiger partial charge in [0.05, 0.1) is 18.6 Å². The van der Waals surface area contributed by atoms with E-state index in [4.69, 9.17) is 4.99 Å². The molecule has 0 bridgehead atoms. The van der Waals surface area contributed by atoms with E-state index < -0.39 is 0 Å². The predicted molar refractivity (Wildman–Crippen MR) is 112 cm³/mol. The highest BCUT2D eigenvalue weighted by atomic mass is 19.1. The second-order valence-electron chi connectivity index (χ2n) is 7.36. The quantitative estimate of drug-likeness (QED) is 0.677. The lowest BCUT2D eigenvalue weighted by Gasteiger charge is -2.20. The maximum atomic E-state index is 13.1. The van der Waals surface area contributed by atoms with Crippen LogP contribution in [0.5, 0.6) is 0 Å². The maximum Gasteiger partial charge on any atom is 0.192 e. The Morgan fingerprint density at radius 2 is 1.32 bits per heavy atom. The number of nitrogens with zero attached hydrogens (tertiary/aromatic N) is 1. The molecule has 1 saturated heterocycles. The molecule has 3 aromatic rings. The molecule has 3 aromatic carbocycles. The van der Waals surface area contributed by atoms with Crippen molar-refractivity contribution in [2.75, 3.05) is 0 Å². The van der Waals surface area contributed by atoms with Crippen LogP contribution in [-0.4, -0.2) is 5.96 Å². The molecule has 2 atom stereocenters. The summed E-state index contributed by atoms with van der Waals surface area (Å²) in [6.07, 6.45) is 0. The molecule has 0 radical (unpaired) electrons. The standard InChI is InChI=1S/C24H24FN3/c1-16-5-3-7-19(13-16)22-23(20-8-4-6-17(2)14-20)28-24(27-22)26-15-18-9-11-21(25)12-10-18/h3-14,22-23H,15H2,1-2H3,(H2,26,27,28). The van der Waals surface area contributed by atoms with Gasteiger partial charge in [0, 0.05) is 0 Å². The molecule has 142 valence electrons. The molecule has 0 aliphatic carbocycles. The minimum Gasteiger partial charge on any atom is -0.347 e. The van der Waals surface area contributed by atoms with E-state index in [1.54, 1.807) is 12.1 Å². The van der Waals surface area contributed by atoms with Gasteiger partial charge < -0.3 is 10.6 Å². The molecule has 0 amide bonds. The summed E-state index contributed by atoms with van der Waals surface area (Å²) in [4.78, 5) is 4.69. The van der Waals surface area contributed by atoms with E-state index in [0.29, 0.717) is 6.54 Å². The topological polar surface area (TPSA) is 36.4 Å². The molecule has 4 rings (SSSR count). The second-order valence-corrected chi connectivity index (χ2v) is 7.36. The van der Waals surface area contributed by atoms with E-state index in [-0.39, 0.29) is 17.9 Å². The van der Waals surface area contributed by atoms with Crippen LogP contribution in [0.15, 0.2) is 77.8 Å². The van der Waals surface area contributed by atoms with Crippen LogP contribution in [0.25, 0.3) is 0 Å². The Labute approximate surface area is 165 Å². The fourth-order valence-corrected chi connectivity index (χ4v) is 3.63. The zero-order chi connectivity index (χ0) is 19.5. The minimum absolute atomic E-state index is 0.0914. The summed E-state index contributed by atoms with van der Waals surface area (Å²) in [5, 5.41) is 7.10. The van der Waals surface area contributed by atoms with E-state index in [1.165, 1.54) is 34.4 Å². The van der Waals surface area contributed by atoms with E-state index in [2.05, 4.69) is 73.0 Å². The number of benzene rings is 3. The van der Waals surface area contributed by atoms with Crippen LogP contribution >= 0.6 is 0 Å². The van der Waals surface area contributed by atoms with Crippen LogP contribution in [0.3, 0.4) is 0 Å². The first-order valence-electron chi connectivity index (χ1n) is 9.53. The van der Waals surface area contributed by atoms with Crippen molar-refractivity contribution in [1.29, 1.82) is 0 Å². The molecule has 0 saturated carbocycles. The highest BCUT2D eigenvalue weighted by Gasteiger charge is 2.32. The average Bonchev–Trinajstić information content (AvgIpc) is 3.12. The van der Waals surface area contributed by atoms with E-state index >= 15 is 0 Å². The Balaban J connectivity index is 1.62. The van der Waals surface area contributed by atoms with Crippen molar-refractivity contribution in [2.45, 2.75) is 32.5 Å². The summed E-state index contributed by atoms with van der Waals surface area (Å²) in [5.41, 5.74) is 5.90. The van der Waals surface area contributed by atoms with Gasteiger partial charge in [-0.2, -0.15) is 0 Å². The molecule has 0 aromatic heterocycles. The number of guanidine groups is 1. The summed E-state index contributed by atoms with van der Waals surface area (Å²) in [6, 6.07) is 23.8. The highest BCUT2D eigenvalue weighted by Crippen LogP contribution is 2.33. The zero-order valence-corrected chi connectivity index (χ0v) is 16.1. The largest absolute Gasteiger partial charge is 0.347 e. The van der Waals surface area contributed by atoms with Gasteiger partial charge in [0.2, 0.25) is 0 Å². The van der Waals surface area contributed by atoms with Crippen molar-refractivity contribution in [3.05, 3.63) is 106 Å². The Morgan fingerprint density at radius 3 is 1.82 bits per heavy atom. The third-order valence-corrected chi connectivity index (χ3v) is 5.05. The fraction of sp³-hybridized carbons (Fsp3) is 0.208. The van der Waals surface area contributed by atoms with Gasteiger partial charge >= 0.3 is 0 Å². The van der Waals surface area contributed by atoms with Crippen LogP contribution in [0, 0.1) is 19.7 Å². The van der Waals surface area contributed by atoms with Crippen LogP contribution in [0.1, 0.15) is 39.9 Å². The van der Waals surface area contributed by atoms with Gasteiger partial charge in [0.15, 0.2) is 5.96 Å². The van der Waals surface area contributed by atoms with E-state index in [9.17, 15) is 4.39 Å². The molecule has 1 fully saturated rings. The smallest absolute Gasteiger partial charge is 0.192 e. The third kappa shape index (κ3) is 4.06. The Bertz CT molecular complexity index is 939. The molecule has 0 spiro atoms. The van der Waals surface area contributed by atoms with E-state index in [1.807, 2.05) is 0 Å². The molecular formula is C24H24FN3. The normalized spacial score (nSPS) is 18.5. The van der Waals surface area contributed by atoms with Gasteiger partial charge in [-0.15, -0.1) is 0 Å². The Kier molecular flexibility index (Phi) is 5.11. The SMILES string of the molecule is Cc1cccc(C2NC(=NCc3ccc(F)cc3)NC2c2cccc(C)c2)c1. The molecule has 2 N–H and O–H groups in total. The van der Waals surface area contributed by atoms with Gasteiger partial charge in [0.1, 0.15) is 5.82 Å². The summed E-state index contributed by atoms with van der Waals surface area (Å²) in [6.45, 7) is 4.71. The van der Waals surface area contributed by atoms with Gasteiger partial charge in [0.25, 0.3) is 0 Å². The number of rotatable bonds is 4. The third-order valence-electron chi connectivity index (χ3n) is 5.05. The number of nitrogens with one attached hydrogen (secondary N) is 2. The molecule has 1 aliphatic rings. The minimum atomic E-state index is -0.229. The van der Waals surface area contributed by atoms with Crippen molar-refractivity contribution in [1.82, 2.24) is 10.6 Å². The lowest BCUT2D eigenvalue weighted by molar-refractivity contribution is 0.553. The molecule has 1 aliphatic heterocycles. The number of halogens is 1. The summed E-state index contributed by atoms with van der Waals surface area (Å²) >= 11 is 0. The first-order valence-corrected chi connectivity index (χ1v) is 9.53. The first kappa shape index (κ1) is 18.2. The summed E-state index contributed by atoms with van der Waals surface area (Å²) in [5.74, 6) is 0.537. The lowest BCUT2D eigenvalue weighted by atomic mass is 9.93. The van der Waals surface area contributed by atoms with Crippen LogP contribution in [0.4, 0.5) is 4.39 Å². The molecule has 1 heterocycles. The molecule has 3 nitrogen and oxygen atoms in total.